The van der Waals surface area contributed by atoms with Crippen LogP contribution in [-0.4, -0.2) is 11.8 Å². The van der Waals surface area contributed by atoms with Gasteiger partial charge in [0, 0.05) is 11.4 Å². The van der Waals surface area contributed by atoms with Crippen molar-refractivity contribution < 1.29 is 9.59 Å². The van der Waals surface area contributed by atoms with Gasteiger partial charge in [-0.1, -0.05) is 61.3 Å². The Labute approximate surface area is 186 Å². The molecule has 0 aromatic heterocycles. The highest BCUT2D eigenvalue weighted by molar-refractivity contribution is 6.42. The fourth-order valence-electron chi connectivity index (χ4n) is 2.97. The molecule has 3 aromatic carbocycles. The first-order chi connectivity index (χ1) is 14.4. The van der Waals surface area contributed by atoms with Gasteiger partial charge in [0.2, 0.25) is 0 Å². The summed E-state index contributed by atoms with van der Waals surface area (Å²) in [5.74, 6) is -0.881. The molecule has 3 aromatic rings. The lowest BCUT2D eigenvalue weighted by Crippen LogP contribution is -2.20. The third kappa shape index (κ3) is 5.21. The zero-order valence-corrected chi connectivity index (χ0v) is 18.3. The summed E-state index contributed by atoms with van der Waals surface area (Å²) in [7, 11) is 0. The highest BCUT2D eigenvalue weighted by atomic mass is 35.5. The molecule has 0 aliphatic heterocycles. The molecule has 0 spiro atoms. The third-order valence-electron chi connectivity index (χ3n) is 4.79. The van der Waals surface area contributed by atoms with E-state index in [4.69, 9.17) is 23.2 Å². The molecule has 0 aliphatic rings. The van der Waals surface area contributed by atoms with Gasteiger partial charge in [0.05, 0.1) is 21.2 Å². The molecule has 0 bridgehead atoms. The molecule has 0 radical (unpaired) electrons. The molecule has 2 N–H and O–H groups in total. The van der Waals surface area contributed by atoms with Crippen LogP contribution in [-0.2, 0) is 12.8 Å². The number of hydrogen-bond donors (Lipinski definition) is 2. The number of hydrogen-bond acceptors (Lipinski definition) is 2. The van der Waals surface area contributed by atoms with E-state index in [0.717, 1.165) is 24.0 Å². The van der Waals surface area contributed by atoms with E-state index in [1.165, 1.54) is 12.1 Å². The average molecular weight is 441 g/mol. The number of amides is 2. The van der Waals surface area contributed by atoms with Crippen molar-refractivity contribution >= 4 is 46.4 Å². The summed E-state index contributed by atoms with van der Waals surface area (Å²) >= 11 is 12.3. The van der Waals surface area contributed by atoms with E-state index >= 15 is 0 Å². The molecule has 6 heteroatoms. The van der Waals surface area contributed by atoms with Crippen LogP contribution in [0, 0.1) is 0 Å². The molecular formula is C24H22Cl2N2O2. The Morgan fingerprint density at radius 3 is 1.30 bits per heavy atom. The molecule has 0 aliphatic carbocycles. The van der Waals surface area contributed by atoms with Crippen LogP contribution in [0.1, 0.15) is 45.7 Å². The number of aryl methyl sites for hydroxylation is 2. The van der Waals surface area contributed by atoms with Gasteiger partial charge < -0.3 is 10.6 Å². The minimum absolute atomic E-state index is 0.145. The maximum Gasteiger partial charge on any atom is 0.256 e. The Balaban J connectivity index is 1.87. The van der Waals surface area contributed by atoms with Crippen LogP contribution in [0.2, 0.25) is 10.0 Å². The Morgan fingerprint density at radius 1 is 0.667 bits per heavy atom. The molecule has 0 saturated heterocycles. The normalized spacial score (nSPS) is 10.5. The van der Waals surface area contributed by atoms with E-state index in [1.54, 1.807) is 0 Å². The van der Waals surface area contributed by atoms with Gasteiger partial charge in [0.25, 0.3) is 11.8 Å². The van der Waals surface area contributed by atoms with Crippen molar-refractivity contribution in [2.75, 3.05) is 10.6 Å². The van der Waals surface area contributed by atoms with Crippen LogP contribution in [0.15, 0.2) is 60.7 Å². The highest BCUT2D eigenvalue weighted by Gasteiger charge is 2.20. The maximum absolute atomic E-state index is 12.9. The molecule has 0 unspecified atom stereocenters. The Kier molecular flexibility index (Phi) is 7.14. The lowest BCUT2D eigenvalue weighted by Gasteiger charge is -2.13. The second-order valence-corrected chi connectivity index (χ2v) is 7.64. The van der Waals surface area contributed by atoms with E-state index in [-0.39, 0.29) is 21.2 Å². The van der Waals surface area contributed by atoms with Crippen molar-refractivity contribution in [1.82, 2.24) is 0 Å². The summed E-state index contributed by atoms with van der Waals surface area (Å²) in [6.07, 6.45) is 1.81. The van der Waals surface area contributed by atoms with Crippen LogP contribution in [0.3, 0.4) is 0 Å². The summed E-state index contributed by atoms with van der Waals surface area (Å²) in [6, 6.07) is 17.9. The van der Waals surface area contributed by atoms with Gasteiger partial charge in [-0.05, 0) is 60.4 Å². The summed E-state index contributed by atoms with van der Waals surface area (Å²) in [5.41, 5.74) is 3.88. The van der Waals surface area contributed by atoms with Crippen LogP contribution in [0.5, 0.6) is 0 Å². The number of carbonyl (C=O) groups is 2. The monoisotopic (exact) mass is 440 g/mol. The van der Waals surface area contributed by atoms with Gasteiger partial charge in [0.1, 0.15) is 0 Å². The molecule has 4 nitrogen and oxygen atoms in total. The number of nitrogens with one attached hydrogen (secondary N) is 2. The van der Waals surface area contributed by atoms with Gasteiger partial charge in [-0.25, -0.2) is 0 Å². The predicted octanol–water partition coefficient (Wildman–Crippen LogP) is 6.62. The quantitative estimate of drug-likeness (QED) is 0.452. The smallest absolute Gasteiger partial charge is 0.256 e. The topological polar surface area (TPSA) is 58.2 Å². The summed E-state index contributed by atoms with van der Waals surface area (Å²) in [6.45, 7) is 4.12. The number of rotatable bonds is 6. The first-order valence-electron chi connectivity index (χ1n) is 9.70. The zero-order valence-electron chi connectivity index (χ0n) is 16.8. The first-order valence-corrected chi connectivity index (χ1v) is 10.5. The van der Waals surface area contributed by atoms with Crippen molar-refractivity contribution in [1.29, 1.82) is 0 Å². The van der Waals surface area contributed by atoms with E-state index in [0.29, 0.717) is 11.4 Å². The van der Waals surface area contributed by atoms with Gasteiger partial charge in [0.15, 0.2) is 0 Å². The van der Waals surface area contributed by atoms with Crippen molar-refractivity contribution in [3.8, 4) is 0 Å². The van der Waals surface area contributed by atoms with E-state index in [1.807, 2.05) is 48.5 Å². The largest absolute Gasteiger partial charge is 0.322 e. The van der Waals surface area contributed by atoms with Gasteiger partial charge in [-0.2, -0.15) is 0 Å². The Bertz CT molecular complexity index is 975. The van der Waals surface area contributed by atoms with Crippen LogP contribution < -0.4 is 10.6 Å². The summed E-state index contributed by atoms with van der Waals surface area (Å²) in [4.78, 5) is 25.8. The van der Waals surface area contributed by atoms with Crippen LogP contribution in [0.4, 0.5) is 11.4 Å². The molecule has 154 valence electrons. The Hall–Kier alpha value is -2.82. The first kappa shape index (κ1) is 21.9. The predicted molar refractivity (Wildman–Crippen MR) is 124 cm³/mol. The Morgan fingerprint density at radius 2 is 1.00 bits per heavy atom. The summed E-state index contributed by atoms with van der Waals surface area (Å²) in [5, 5.41) is 6.02. The highest BCUT2D eigenvalue weighted by Crippen LogP contribution is 2.27. The third-order valence-corrected chi connectivity index (χ3v) is 5.51. The van der Waals surface area contributed by atoms with Gasteiger partial charge >= 0.3 is 0 Å². The standard InChI is InChI=1S/C24H22Cl2N2O2/c1-3-15-5-9-17(10-6-15)27-23(29)19-13-21(25)22(26)14-20(19)24(30)28-18-11-7-16(4-2)8-12-18/h5-14H,3-4H2,1-2H3,(H,27,29)(H,28,30). The van der Waals surface area contributed by atoms with Crippen molar-refractivity contribution in [2.24, 2.45) is 0 Å². The van der Waals surface area contributed by atoms with Crippen molar-refractivity contribution in [3.05, 3.63) is 93.0 Å². The van der Waals surface area contributed by atoms with Gasteiger partial charge in [-0.3, -0.25) is 9.59 Å². The summed E-state index contributed by atoms with van der Waals surface area (Å²) < 4.78 is 0. The number of benzene rings is 3. The molecule has 0 fully saturated rings. The molecular weight excluding hydrogens is 419 g/mol. The molecule has 30 heavy (non-hydrogen) atoms. The molecule has 2 amide bonds. The zero-order chi connectivity index (χ0) is 21.7. The number of halogens is 2. The molecule has 3 rings (SSSR count). The minimum atomic E-state index is -0.440. The fraction of sp³-hybridized carbons (Fsp3) is 0.167. The SMILES string of the molecule is CCc1ccc(NC(=O)c2cc(Cl)c(Cl)cc2C(=O)Nc2ccc(CC)cc2)cc1. The second-order valence-electron chi connectivity index (χ2n) is 6.82. The van der Waals surface area contributed by atoms with Gasteiger partial charge in [-0.15, -0.1) is 0 Å². The molecule has 0 heterocycles. The second kappa shape index (κ2) is 9.79. The molecule has 0 atom stereocenters. The van der Waals surface area contributed by atoms with E-state index < -0.39 is 11.8 Å². The number of carbonyl (C=O) groups excluding carboxylic acids is 2. The lowest BCUT2D eigenvalue weighted by molar-refractivity contribution is 0.0990. The molecule has 0 saturated carbocycles. The fourth-order valence-corrected chi connectivity index (χ4v) is 3.29. The van der Waals surface area contributed by atoms with Crippen LogP contribution >= 0.6 is 23.2 Å². The minimum Gasteiger partial charge on any atom is -0.322 e. The number of anilines is 2. The van der Waals surface area contributed by atoms with Crippen molar-refractivity contribution in [3.63, 3.8) is 0 Å². The van der Waals surface area contributed by atoms with Crippen molar-refractivity contribution in [2.45, 2.75) is 26.7 Å². The van der Waals surface area contributed by atoms with E-state index in [9.17, 15) is 9.59 Å². The lowest BCUT2D eigenvalue weighted by atomic mass is 10.0. The maximum atomic E-state index is 12.9. The average Bonchev–Trinajstić information content (AvgIpc) is 2.76. The van der Waals surface area contributed by atoms with Crippen LogP contribution in [0.25, 0.3) is 0 Å². The van der Waals surface area contributed by atoms with E-state index in [2.05, 4.69) is 24.5 Å².